The van der Waals surface area contributed by atoms with Crippen LogP contribution in [0.5, 0.6) is 5.75 Å². The minimum atomic E-state index is -0.226. The molecule has 0 saturated carbocycles. The fraction of sp³-hybridized carbons (Fsp3) is 0.462. The Kier molecular flexibility index (Phi) is 4.54. The summed E-state index contributed by atoms with van der Waals surface area (Å²) >= 11 is 3.39. The van der Waals surface area contributed by atoms with Gasteiger partial charge in [-0.1, -0.05) is 41.9 Å². The van der Waals surface area contributed by atoms with Crippen LogP contribution >= 0.6 is 15.9 Å². The van der Waals surface area contributed by atoms with Gasteiger partial charge in [0.2, 0.25) is 0 Å². The lowest BCUT2D eigenvalue weighted by molar-refractivity contribution is -0.116. The fourth-order valence-corrected chi connectivity index (χ4v) is 1.88. The predicted octanol–water partition coefficient (Wildman–Crippen LogP) is 3.84. The molecular weight excluding hydrogens is 268 g/mol. The van der Waals surface area contributed by atoms with Crippen LogP contribution in [0, 0.1) is 0 Å². The zero-order valence-corrected chi connectivity index (χ0v) is 11.7. The molecule has 0 aliphatic carbocycles. The minimum Gasteiger partial charge on any atom is -0.496 e. The molecule has 88 valence electrons. The van der Waals surface area contributed by atoms with Gasteiger partial charge in [-0.3, -0.25) is 4.79 Å². The van der Waals surface area contributed by atoms with Crippen molar-refractivity contribution in [3.63, 3.8) is 0 Å². The van der Waals surface area contributed by atoms with Crippen LogP contribution in [-0.2, 0) is 4.79 Å². The number of halogens is 1. The number of Topliss-reactive ketones (excluding diaryl/α,β-unsaturated/α-hetero) is 1. The number of carbonyl (C=O) groups excluding carboxylic acids is 1. The highest BCUT2D eigenvalue weighted by Crippen LogP contribution is 2.32. The second-order valence-electron chi connectivity index (χ2n) is 4.13. The van der Waals surface area contributed by atoms with Crippen molar-refractivity contribution in [3.8, 4) is 5.75 Å². The van der Waals surface area contributed by atoms with E-state index in [1.165, 1.54) is 0 Å². The molecule has 0 heterocycles. The van der Waals surface area contributed by atoms with Crippen molar-refractivity contribution >= 4 is 21.7 Å². The predicted molar refractivity (Wildman–Crippen MR) is 69.4 cm³/mol. The normalized spacial score (nSPS) is 12.6. The molecule has 0 radical (unpaired) electrons. The molecular formula is C13H17BrO2. The van der Waals surface area contributed by atoms with Crippen LogP contribution in [0.2, 0.25) is 0 Å². The Hall–Kier alpha value is -0.830. The summed E-state index contributed by atoms with van der Waals surface area (Å²) in [5.41, 5.74) is 2.11. The molecule has 3 heteroatoms. The summed E-state index contributed by atoms with van der Waals surface area (Å²) < 4.78 is 5.30. The first-order valence-corrected chi connectivity index (χ1v) is 6.21. The number of carbonyl (C=O) groups is 1. The molecule has 2 nitrogen and oxygen atoms in total. The van der Waals surface area contributed by atoms with Crippen molar-refractivity contribution in [3.05, 3.63) is 29.3 Å². The summed E-state index contributed by atoms with van der Waals surface area (Å²) in [6.07, 6.45) is 0. The van der Waals surface area contributed by atoms with Crippen LogP contribution in [0.4, 0.5) is 0 Å². The Morgan fingerprint density at radius 2 is 2.00 bits per heavy atom. The summed E-state index contributed by atoms with van der Waals surface area (Å²) in [7, 11) is 1.66. The van der Waals surface area contributed by atoms with Crippen LogP contribution in [-0.4, -0.2) is 12.9 Å². The Labute approximate surface area is 105 Å². The lowest BCUT2D eigenvalue weighted by Crippen LogP contribution is -2.03. The van der Waals surface area contributed by atoms with E-state index in [-0.39, 0.29) is 10.6 Å². The van der Waals surface area contributed by atoms with Crippen LogP contribution in [0.3, 0.4) is 0 Å². The van der Waals surface area contributed by atoms with Crippen LogP contribution < -0.4 is 4.74 Å². The summed E-state index contributed by atoms with van der Waals surface area (Å²) in [4.78, 5) is 11.1. The maximum Gasteiger partial charge on any atom is 0.147 e. The summed E-state index contributed by atoms with van der Waals surface area (Å²) in [5, 5.41) is 0. The maximum absolute atomic E-state index is 11.3. The maximum atomic E-state index is 11.3. The molecule has 0 fully saturated rings. The Morgan fingerprint density at radius 1 is 1.38 bits per heavy atom. The second kappa shape index (κ2) is 5.48. The lowest BCUT2D eigenvalue weighted by atomic mass is 9.98. The molecule has 16 heavy (non-hydrogen) atoms. The van der Waals surface area contributed by atoms with Gasteiger partial charge in [0.15, 0.2) is 0 Å². The first kappa shape index (κ1) is 13.2. The third-order valence-electron chi connectivity index (χ3n) is 2.53. The molecule has 0 aliphatic rings. The van der Waals surface area contributed by atoms with E-state index in [9.17, 15) is 4.79 Å². The van der Waals surface area contributed by atoms with Gasteiger partial charge in [-0.25, -0.2) is 0 Å². The first-order valence-electron chi connectivity index (χ1n) is 5.29. The molecule has 1 aromatic carbocycles. The van der Waals surface area contributed by atoms with Crippen molar-refractivity contribution in [2.24, 2.45) is 0 Å². The van der Waals surface area contributed by atoms with Crippen LogP contribution in [0.25, 0.3) is 0 Å². The highest BCUT2D eigenvalue weighted by Gasteiger charge is 2.15. The summed E-state index contributed by atoms with van der Waals surface area (Å²) in [6.45, 7) is 5.80. The fourth-order valence-electron chi connectivity index (χ4n) is 1.60. The molecule has 0 amide bonds. The van der Waals surface area contributed by atoms with Gasteiger partial charge in [0.1, 0.15) is 11.5 Å². The van der Waals surface area contributed by atoms with E-state index in [1.807, 2.05) is 18.2 Å². The van der Waals surface area contributed by atoms with Gasteiger partial charge >= 0.3 is 0 Å². The van der Waals surface area contributed by atoms with Gasteiger partial charge in [-0.15, -0.1) is 0 Å². The van der Waals surface area contributed by atoms with Gasteiger partial charge in [0, 0.05) is 0 Å². The number of ether oxygens (including phenoxy) is 1. The Morgan fingerprint density at radius 3 is 2.44 bits per heavy atom. The number of alkyl halides is 1. The van der Waals surface area contributed by atoms with Crippen LogP contribution in [0.1, 0.15) is 42.6 Å². The van der Waals surface area contributed by atoms with Gasteiger partial charge in [0.25, 0.3) is 0 Å². The zero-order valence-electron chi connectivity index (χ0n) is 10.1. The van der Waals surface area contributed by atoms with Gasteiger partial charge in [0.05, 0.1) is 11.9 Å². The molecule has 1 atom stereocenters. The zero-order chi connectivity index (χ0) is 12.3. The summed E-state index contributed by atoms with van der Waals surface area (Å²) in [5.74, 6) is 1.36. The van der Waals surface area contributed by atoms with E-state index in [1.54, 1.807) is 14.0 Å². The van der Waals surface area contributed by atoms with Crippen molar-refractivity contribution in [2.75, 3.05) is 7.11 Å². The number of benzene rings is 1. The monoisotopic (exact) mass is 284 g/mol. The van der Waals surface area contributed by atoms with Crippen molar-refractivity contribution in [1.82, 2.24) is 0 Å². The number of methoxy groups -OCH3 is 1. The molecule has 1 unspecified atom stereocenters. The smallest absolute Gasteiger partial charge is 0.147 e. The first-order chi connectivity index (χ1) is 7.47. The van der Waals surface area contributed by atoms with Crippen LogP contribution in [0.15, 0.2) is 18.2 Å². The third kappa shape index (κ3) is 2.85. The molecule has 0 saturated heterocycles. The number of hydrogen-bond acceptors (Lipinski definition) is 2. The average molecular weight is 285 g/mol. The largest absolute Gasteiger partial charge is 0.496 e. The lowest BCUT2D eigenvalue weighted by Gasteiger charge is -2.15. The summed E-state index contributed by atoms with van der Waals surface area (Å²) in [6, 6.07) is 5.87. The highest BCUT2D eigenvalue weighted by atomic mass is 79.9. The van der Waals surface area contributed by atoms with Gasteiger partial charge in [-0.2, -0.15) is 0 Å². The molecule has 0 spiro atoms. The van der Waals surface area contributed by atoms with Crippen molar-refractivity contribution in [1.29, 1.82) is 0 Å². The van der Waals surface area contributed by atoms with E-state index in [0.29, 0.717) is 5.92 Å². The van der Waals surface area contributed by atoms with Gasteiger partial charge < -0.3 is 4.74 Å². The van der Waals surface area contributed by atoms with E-state index in [4.69, 9.17) is 4.74 Å². The third-order valence-corrected chi connectivity index (χ3v) is 3.70. The van der Waals surface area contributed by atoms with E-state index in [2.05, 4.69) is 29.8 Å². The average Bonchev–Trinajstić information content (AvgIpc) is 2.26. The Balaban J connectivity index is 3.16. The second-order valence-corrected chi connectivity index (χ2v) is 5.04. The Bertz CT molecular complexity index is 386. The quantitative estimate of drug-likeness (QED) is 0.786. The number of ketones is 1. The molecule has 0 N–H and O–H groups in total. The van der Waals surface area contributed by atoms with Crippen molar-refractivity contribution in [2.45, 2.75) is 31.5 Å². The van der Waals surface area contributed by atoms with E-state index in [0.717, 1.165) is 16.9 Å². The number of hydrogen-bond donors (Lipinski definition) is 0. The SMILES string of the molecule is COc1ccc(C(Br)C(C)=O)cc1C(C)C. The molecule has 0 aromatic heterocycles. The standard InChI is InChI=1S/C13H17BrO2/c1-8(2)11-7-10(13(14)9(3)15)5-6-12(11)16-4/h5-8,13H,1-4H3. The highest BCUT2D eigenvalue weighted by molar-refractivity contribution is 9.09. The molecule has 1 aromatic rings. The number of rotatable bonds is 4. The van der Waals surface area contributed by atoms with E-state index < -0.39 is 0 Å². The van der Waals surface area contributed by atoms with Gasteiger partial charge in [-0.05, 0) is 30.0 Å². The molecule has 1 rings (SSSR count). The topological polar surface area (TPSA) is 26.3 Å². The molecule has 0 bridgehead atoms. The minimum absolute atomic E-state index is 0.111. The van der Waals surface area contributed by atoms with E-state index >= 15 is 0 Å². The van der Waals surface area contributed by atoms with Crippen molar-refractivity contribution < 1.29 is 9.53 Å². The molecule has 0 aliphatic heterocycles.